The quantitative estimate of drug-likeness (QED) is 0.615. The molecule has 0 atom stereocenters. The largest absolute Gasteiger partial charge is 0.491 e. The molecule has 168 valence electrons. The third-order valence-corrected chi connectivity index (χ3v) is 6.17. The number of hydrogen-bond donors (Lipinski definition) is 0. The summed E-state index contributed by atoms with van der Waals surface area (Å²) in [5, 5.41) is 4.28. The van der Waals surface area contributed by atoms with Crippen LogP contribution in [0.15, 0.2) is 59.7 Å². The van der Waals surface area contributed by atoms with Crippen molar-refractivity contribution in [2.45, 2.75) is 13.3 Å². The summed E-state index contributed by atoms with van der Waals surface area (Å²) >= 11 is 0. The van der Waals surface area contributed by atoms with E-state index < -0.39 is 0 Å². The van der Waals surface area contributed by atoms with Gasteiger partial charge in [-0.3, -0.25) is 15.0 Å². The van der Waals surface area contributed by atoms with Crippen LogP contribution in [0.4, 0.5) is 10.1 Å². The average molecular weight is 445 g/mol. The molecule has 0 spiro atoms. The van der Waals surface area contributed by atoms with Crippen molar-refractivity contribution in [1.82, 2.24) is 14.6 Å². The summed E-state index contributed by atoms with van der Waals surface area (Å²) in [5.41, 5.74) is 5.14. The zero-order chi connectivity index (χ0) is 22.4. The Hall–Kier alpha value is -3.81. The number of benzene rings is 2. The first-order chi connectivity index (χ1) is 16.2. The average Bonchev–Trinajstić information content (AvgIpc) is 3.49. The number of imidazole rings is 1. The molecule has 2 aromatic carbocycles. The molecule has 1 fully saturated rings. The van der Waals surface area contributed by atoms with Crippen LogP contribution < -0.4 is 9.75 Å². The van der Waals surface area contributed by atoms with E-state index in [4.69, 9.17) is 14.5 Å². The number of aliphatic imine (C=N–C) groups is 1. The molecule has 7 nitrogen and oxygen atoms in total. The van der Waals surface area contributed by atoms with E-state index in [9.17, 15) is 4.39 Å². The van der Waals surface area contributed by atoms with E-state index in [1.807, 2.05) is 24.0 Å². The van der Waals surface area contributed by atoms with Gasteiger partial charge in [-0.15, -0.1) is 0 Å². The summed E-state index contributed by atoms with van der Waals surface area (Å²) in [4.78, 5) is 9.12. The first-order valence-corrected chi connectivity index (χ1v) is 11.2. The van der Waals surface area contributed by atoms with Crippen molar-refractivity contribution in [3.63, 3.8) is 0 Å². The maximum Gasteiger partial charge on any atom is 0.185 e. The molecule has 4 heterocycles. The second-order valence-corrected chi connectivity index (χ2v) is 8.29. The van der Waals surface area contributed by atoms with E-state index >= 15 is 0 Å². The molecule has 6 rings (SSSR count). The van der Waals surface area contributed by atoms with E-state index in [-0.39, 0.29) is 5.82 Å². The van der Waals surface area contributed by atoms with Gasteiger partial charge in [-0.05, 0) is 48.9 Å². The Balaban J connectivity index is 1.35. The standard InChI is InChI=1S/C25H24FN5O2/c1-17-15-29(16-28-17)22-7-2-18(21-8-12-33-24(21)22)14-23-25-27-9-10-30(31(25)11-13-32-23)20-5-3-19(26)4-6-20/h2-7,14-16H,8-13H2,1H3. The molecule has 3 aromatic rings. The Kier molecular flexibility index (Phi) is 4.78. The smallest absolute Gasteiger partial charge is 0.185 e. The molecule has 0 bridgehead atoms. The van der Waals surface area contributed by atoms with Crippen molar-refractivity contribution in [2.75, 3.05) is 37.9 Å². The van der Waals surface area contributed by atoms with Gasteiger partial charge >= 0.3 is 0 Å². The zero-order valence-electron chi connectivity index (χ0n) is 18.4. The molecule has 0 radical (unpaired) electrons. The van der Waals surface area contributed by atoms with E-state index in [0.29, 0.717) is 26.3 Å². The van der Waals surface area contributed by atoms with Gasteiger partial charge in [0.05, 0.1) is 49.6 Å². The van der Waals surface area contributed by atoms with Crippen molar-refractivity contribution in [1.29, 1.82) is 0 Å². The zero-order valence-corrected chi connectivity index (χ0v) is 18.4. The number of hydrazine groups is 1. The van der Waals surface area contributed by atoms with Gasteiger partial charge in [-0.25, -0.2) is 9.37 Å². The number of ether oxygens (including phenoxy) is 2. The Morgan fingerprint density at radius 1 is 1.00 bits per heavy atom. The highest BCUT2D eigenvalue weighted by Crippen LogP contribution is 2.36. The molecular weight excluding hydrogens is 421 g/mol. The first kappa shape index (κ1) is 19.8. The second kappa shape index (κ2) is 7.95. The highest BCUT2D eigenvalue weighted by molar-refractivity contribution is 6.02. The highest BCUT2D eigenvalue weighted by Gasteiger charge is 2.31. The molecule has 0 aliphatic carbocycles. The minimum absolute atomic E-state index is 0.238. The third kappa shape index (κ3) is 3.51. The minimum Gasteiger partial charge on any atom is -0.491 e. The van der Waals surface area contributed by atoms with Crippen molar-refractivity contribution >= 4 is 17.6 Å². The van der Waals surface area contributed by atoms with Crippen molar-refractivity contribution in [3.05, 3.63) is 77.3 Å². The molecule has 3 aliphatic rings. The molecule has 8 heteroatoms. The van der Waals surface area contributed by atoms with Crippen LogP contribution in [0.1, 0.15) is 16.8 Å². The lowest BCUT2D eigenvalue weighted by Crippen LogP contribution is -2.55. The van der Waals surface area contributed by atoms with Crippen LogP contribution in [0, 0.1) is 12.7 Å². The number of amidine groups is 1. The molecule has 3 aliphatic heterocycles. The number of morpholine rings is 1. The molecule has 0 unspecified atom stereocenters. The van der Waals surface area contributed by atoms with E-state index in [2.05, 4.69) is 33.2 Å². The van der Waals surface area contributed by atoms with Crippen molar-refractivity contribution < 1.29 is 13.9 Å². The fourth-order valence-corrected chi connectivity index (χ4v) is 4.63. The maximum atomic E-state index is 13.4. The lowest BCUT2D eigenvalue weighted by Gasteiger charge is -2.43. The van der Waals surface area contributed by atoms with Gasteiger partial charge in [-0.1, -0.05) is 6.07 Å². The van der Waals surface area contributed by atoms with Gasteiger partial charge in [-0.2, -0.15) is 0 Å². The lowest BCUT2D eigenvalue weighted by molar-refractivity contribution is 0.160. The predicted octanol–water partition coefficient (Wildman–Crippen LogP) is 3.76. The number of hydrogen-bond acceptors (Lipinski definition) is 6. The molecule has 0 amide bonds. The number of aryl methyl sites for hydroxylation is 1. The number of fused-ring (bicyclic) bond motifs is 2. The van der Waals surface area contributed by atoms with E-state index in [0.717, 1.165) is 52.9 Å². The van der Waals surface area contributed by atoms with Crippen molar-refractivity contribution in [2.24, 2.45) is 4.99 Å². The number of rotatable bonds is 3. The fourth-order valence-electron chi connectivity index (χ4n) is 4.63. The van der Waals surface area contributed by atoms with Crippen LogP contribution >= 0.6 is 0 Å². The normalized spacial score (nSPS) is 18.5. The summed E-state index contributed by atoms with van der Waals surface area (Å²) in [6.45, 7) is 5.25. The Morgan fingerprint density at radius 2 is 1.88 bits per heavy atom. The van der Waals surface area contributed by atoms with Gasteiger partial charge in [0, 0.05) is 18.2 Å². The SMILES string of the molecule is Cc1cn(-c2ccc(C=C3OCCN4C3=NCCN4c3ccc(F)cc3)c3c2OCC3)cn1. The molecular formula is C25H24FN5O2. The van der Waals surface area contributed by atoms with Gasteiger partial charge in [0.25, 0.3) is 0 Å². The van der Waals surface area contributed by atoms with Gasteiger partial charge in [0.2, 0.25) is 0 Å². The summed E-state index contributed by atoms with van der Waals surface area (Å²) in [5.74, 6) is 2.21. The van der Waals surface area contributed by atoms with Gasteiger partial charge in [0.15, 0.2) is 11.6 Å². The number of halogens is 1. The Labute approximate surface area is 191 Å². The summed E-state index contributed by atoms with van der Waals surface area (Å²) < 4.78 is 27.5. The summed E-state index contributed by atoms with van der Waals surface area (Å²) in [7, 11) is 0. The maximum absolute atomic E-state index is 13.4. The third-order valence-electron chi connectivity index (χ3n) is 6.17. The van der Waals surface area contributed by atoms with Crippen LogP contribution in [0.3, 0.4) is 0 Å². The lowest BCUT2D eigenvalue weighted by atomic mass is 10.0. The van der Waals surface area contributed by atoms with Crippen LogP contribution in [0.25, 0.3) is 11.8 Å². The number of anilines is 1. The Bertz CT molecular complexity index is 1260. The van der Waals surface area contributed by atoms with Crippen LogP contribution in [-0.4, -0.2) is 53.2 Å². The molecule has 1 saturated heterocycles. The van der Waals surface area contributed by atoms with Crippen molar-refractivity contribution in [3.8, 4) is 11.4 Å². The highest BCUT2D eigenvalue weighted by atomic mass is 19.1. The minimum atomic E-state index is -0.238. The molecule has 0 N–H and O–H groups in total. The molecule has 1 aromatic heterocycles. The monoisotopic (exact) mass is 445 g/mol. The summed E-state index contributed by atoms with van der Waals surface area (Å²) in [6.07, 6.45) is 6.72. The van der Waals surface area contributed by atoms with Crippen LogP contribution in [0.5, 0.6) is 5.75 Å². The predicted molar refractivity (Wildman–Crippen MR) is 124 cm³/mol. The summed E-state index contributed by atoms with van der Waals surface area (Å²) in [6, 6.07) is 10.8. The van der Waals surface area contributed by atoms with E-state index in [1.54, 1.807) is 12.1 Å². The van der Waals surface area contributed by atoms with Gasteiger partial charge in [0.1, 0.15) is 18.2 Å². The Morgan fingerprint density at radius 3 is 2.70 bits per heavy atom. The molecule has 0 saturated carbocycles. The van der Waals surface area contributed by atoms with Gasteiger partial charge < -0.3 is 14.0 Å². The van der Waals surface area contributed by atoms with Crippen LogP contribution in [0.2, 0.25) is 0 Å². The first-order valence-electron chi connectivity index (χ1n) is 11.2. The fraction of sp³-hybridized carbons (Fsp3) is 0.280. The topological polar surface area (TPSA) is 55.1 Å². The number of nitrogens with zero attached hydrogens (tertiary/aromatic N) is 5. The molecule has 33 heavy (non-hydrogen) atoms. The van der Waals surface area contributed by atoms with Crippen LogP contribution in [-0.2, 0) is 11.2 Å². The van der Waals surface area contributed by atoms with E-state index in [1.165, 1.54) is 17.7 Å². The number of aromatic nitrogens is 2. The second-order valence-electron chi connectivity index (χ2n) is 8.29.